The zero-order valence-corrected chi connectivity index (χ0v) is 18.9. The summed E-state index contributed by atoms with van der Waals surface area (Å²) in [5, 5.41) is 13.6. The van der Waals surface area contributed by atoms with Crippen molar-refractivity contribution in [1.82, 2.24) is 4.98 Å². The van der Waals surface area contributed by atoms with Gasteiger partial charge in [0.05, 0.1) is 22.3 Å². The van der Waals surface area contributed by atoms with Crippen LogP contribution in [0.1, 0.15) is 36.4 Å². The Morgan fingerprint density at radius 2 is 1.97 bits per heavy atom. The maximum Gasteiger partial charge on any atom is 0.365 e. The monoisotopic (exact) mass is 485 g/mol. The first-order valence-corrected chi connectivity index (χ1v) is 11.3. The van der Waals surface area contributed by atoms with Crippen molar-refractivity contribution < 1.29 is 19.7 Å². The number of carbonyl (C=O) groups is 1. The van der Waals surface area contributed by atoms with E-state index < -0.39 is 11.9 Å². The van der Waals surface area contributed by atoms with Crippen molar-refractivity contribution >= 4 is 40.5 Å². The van der Waals surface area contributed by atoms with Crippen LogP contribution < -0.4 is 11.1 Å². The molecule has 9 heteroatoms. The van der Waals surface area contributed by atoms with Gasteiger partial charge in [0, 0.05) is 33.6 Å². The van der Waals surface area contributed by atoms with Crippen LogP contribution in [0, 0.1) is 5.92 Å². The van der Waals surface area contributed by atoms with E-state index >= 15 is 0 Å². The molecule has 170 valence electrons. The van der Waals surface area contributed by atoms with Gasteiger partial charge in [0.2, 0.25) is 5.91 Å². The third-order valence-corrected chi connectivity index (χ3v) is 6.43. The Kier molecular flexibility index (Phi) is 5.76. The number of hydrogen-bond acceptors (Lipinski definition) is 6. The van der Waals surface area contributed by atoms with E-state index in [0.717, 1.165) is 24.0 Å². The van der Waals surface area contributed by atoms with Gasteiger partial charge in [0.15, 0.2) is 0 Å². The van der Waals surface area contributed by atoms with Gasteiger partial charge in [0.25, 0.3) is 0 Å². The summed E-state index contributed by atoms with van der Waals surface area (Å²) in [5.41, 5.74) is 9.76. The first-order valence-electron chi connectivity index (χ1n) is 10.5. The van der Waals surface area contributed by atoms with Crippen molar-refractivity contribution in [3.8, 4) is 11.1 Å². The number of carbonyl (C=O) groups excluding carboxylic acids is 1. The molecule has 2 fully saturated rings. The largest absolute Gasteiger partial charge is 0.398 e. The van der Waals surface area contributed by atoms with E-state index in [1.165, 1.54) is 6.07 Å². The molecule has 4 N–H and O–H groups in total. The number of amides is 1. The van der Waals surface area contributed by atoms with E-state index in [4.69, 9.17) is 28.9 Å². The van der Waals surface area contributed by atoms with Gasteiger partial charge in [-0.05, 0) is 54.8 Å². The highest BCUT2D eigenvalue weighted by Gasteiger charge is 2.49. The zero-order chi connectivity index (χ0) is 23.2. The van der Waals surface area contributed by atoms with Gasteiger partial charge in [-0.25, -0.2) is 0 Å². The minimum absolute atomic E-state index is 0.197. The number of nitrogen functional groups attached to an aromatic ring is 1. The van der Waals surface area contributed by atoms with Crippen molar-refractivity contribution in [3.63, 3.8) is 0 Å². The lowest BCUT2D eigenvalue weighted by molar-refractivity contribution is -0.117. The normalized spacial score (nSPS) is 17.4. The van der Waals surface area contributed by atoms with E-state index in [-0.39, 0.29) is 10.9 Å². The van der Waals surface area contributed by atoms with Crippen LogP contribution in [-0.4, -0.2) is 16.0 Å². The number of rotatable bonds is 7. The van der Waals surface area contributed by atoms with Crippen LogP contribution in [0.5, 0.6) is 0 Å². The molecular formula is C24H21Cl2N3O4. The summed E-state index contributed by atoms with van der Waals surface area (Å²) in [5.74, 6) is -1.89. The summed E-state index contributed by atoms with van der Waals surface area (Å²) in [7, 11) is 0. The fourth-order valence-corrected chi connectivity index (χ4v) is 4.17. The summed E-state index contributed by atoms with van der Waals surface area (Å²) in [6.07, 6.45) is 4.63. The summed E-state index contributed by atoms with van der Waals surface area (Å²) in [4.78, 5) is 26.9. The van der Waals surface area contributed by atoms with Crippen LogP contribution in [0.2, 0.25) is 10.0 Å². The number of aromatic nitrogens is 1. The molecule has 0 radical (unpaired) electrons. The number of hydrogen-bond donors (Lipinski definition) is 3. The first kappa shape index (κ1) is 22.1. The highest BCUT2D eigenvalue weighted by molar-refractivity contribution is 6.33. The Hall–Kier alpha value is -2.68. The van der Waals surface area contributed by atoms with Gasteiger partial charge in [-0.15, -0.1) is 0 Å². The standard InChI is InChI=1S/C24H21Cl2N3O4/c25-16-5-6-20(27)17(11-16)14-3-7-21(28-12-14)18(9-13-1-2-13)23(30)29-22-8-4-15(10-19(22)26)24(31)32-33-24/h3-8,10-13,18,31H,1-2,9,27H2,(H,29,30). The summed E-state index contributed by atoms with van der Waals surface area (Å²) in [6.45, 7) is 0. The predicted molar refractivity (Wildman–Crippen MR) is 125 cm³/mol. The fourth-order valence-electron chi connectivity index (χ4n) is 3.77. The SMILES string of the molecule is Nc1ccc(Cl)cc1-c1ccc(C(CC2CC2)C(=O)Nc2ccc(C3(O)OO3)cc2Cl)nc1. The van der Waals surface area contributed by atoms with E-state index in [9.17, 15) is 9.90 Å². The number of pyridine rings is 1. The molecule has 1 unspecified atom stereocenters. The summed E-state index contributed by atoms with van der Waals surface area (Å²) < 4.78 is 0. The van der Waals surface area contributed by atoms with Crippen LogP contribution >= 0.6 is 23.2 Å². The lowest BCUT2D eigenvalue weighted by Gasteiger charge is -2.18. The number of nitrogens with zero attached hydrogens (tertiary/aromatic N) is 1. The number of benzene rings is 2. The maximum atomic E-state index is 13.2. The molecule has 2 aromatic carbocycles. The van der Waals surface area contributed by atoms with Crippen LogP contribution in [0.15, 0.2) is 54.7 Å². The Morgan fingerprint density at radius 3 is 2.61 bits per heavy atom. The van der Waals surface area contributed by atoms with Crippen LogP contribution in [0.4, 0.5) is 11.4 Å². The molecule has 5 rings (SSSR count). The molecule has 0 spiro atoms. The second kappa shape index (κ2) is 8.59. The molecule has 2 heterocycles. The molecular weight excluding hydrogens is 465 g/mol. The average Bonchev–Trinajstić information content (AvgIpc) is 3.73. The molecule has 1 aliphatic carbocycles. The Balaban J connectivity index is 1.37. The van der Waals surface area contributed by atoms with Crippen molar-refractivity contribution in [1.29, 1.82) is 0 Å². The van der Waals surface area contributed by atoms with E-state index in [1.54, 1.807) is 36.5 Å². The number of nitrogens with two attached hydrogens (primary N) is 1. The lowest BCUT2D eigenvalue weighted by Crippen LogP contribution is -2.23. The minimum atomic E-state index is -1.77. The minimum Gasteiger partial charge on any atom is -0.398 e. The molecule has 33 heavy (non-hydrogen) atoms. The van der Waals surface area contributed by atoms with E-state index in [2.05, 4.69) is 20.1 Å². The number of anilines is 2. The third-order valence-electron chi connectivity index (χ3n) is 5.89. The Labute approximate surface area is 200 Å². The van der Waals surface area contributed by atoms with Gasteiger partial charge in [-0.1, -0.05) is 42.1 Å². The maximum absolute atomic E-state index is 13.2. The Morgan fingerprint density at radius 1 is 1.18 bits per heavy atom. The molecule has 1 amide bonds. The lowest BCUT2D eigenvalue weighted by atomic mass is 9.95. The predicted octanol–water partition coefficient (Wildman–Crippen LogP) is 5.22. The molecule has 1 saturated carbocycles. The van der Waals surface area contributed by atoms with Crippen molar-refractivity contribution in [3.05, 3.63) is 76.0 Å². The Bertz CT molecular complexity index is 1210. The number of halogens is 2. The van der Waals surface area contributed by atoms with Gasteiger partial charge in [-0.3, -0.25) is 9.78 Å². The zero-order valence-electron chi connectivity index (χ0n) is 17.4. The fraction of sp³-hybridized carbons (Fsp3) is 0.250. The molecule has 0 bridgehead atoms. The quantitative estimate of drug-likeness (QED) is 0.240. The van der Waals surface area contributed by atoms with Crippen LogP contribution in [-0.2, 0) is 20.5 Å². The van der Waals surface area contributed by atoms with Gasteiger partial charge >= 0.3 is 5.97 Å². The highest BCUT2D eigenvalue weighted by atomic mass is 35.5. The molecule has 2 aliphatic rings. The van der Waals surface area contributed by atoms with Crippen LogP contribution in [0.3, 0.4) is 0 Å². The summed E-state index contributed by atoms with van der Waals surface area (Å²) >= 11 is 12.4. The van der Waals surface area contributed by atoms with E-state index in [1.807, 2.05) is 12.1 Å². The first-order chi connectivity index (χ1) is 15.8. The molecule has 3 aromatic rings. The van der Waals surface area contributed by atoms with Gasteiger partial charge in [0.1, 0.15) is 0 Å². The smallest absolute Gasteiger partial charge is 0.365 e. The molecule has 7 nitrogen and oxygen atoms in total. The molecule has 1 saturated heterocycles. The van der Waals surface area contributed by atoms with Crippen molar-refractivity contribution in [2.75, 3.05) is 11.1 Å². The van der Waals surface area contributed by atoms with Gasteiger partial charge < -0.3 is 16.2 Å². The molecule has 1 aromatic heterocycles. The summed E-state index contributed by atoms with van der Waals surface area (Å²) in [6, 6.07) is 13.7. The number of nitrogens with one attached hydrogen (secondary N) is 1. The van der Waals surface area contributed by atoms with Gasteiger partial charge in [-0.2, -0.15) is 9.78 Å². The second-order valence-corrected chi connectivity index (χ2v) is 9.21. The third kappa shape index (κ3) is 4.83. The van der Waals surface area contributed by atoms with Crippen LogP contribution in [0.25, 0.3) is 11.1 Å². The van der Waals surface area contributed by atoms with Crippen molar-refractivity contribution in [2.45, 2.75) is 31.2 Å². The van der Waals surface area contributed by atoms with Crippen molar-refractivity contribution in [2.24, 2.45) is 5.92 Å². The number of aliphatic hydroxyl groups is 1. The van der Waals surface area contributed by atoms with E-state index in [0.29, 0.717) is 40.0 Å². The second-order valence-electron chi connectivity index (χ2n) is 8.37. The highest BCUT2D eigenvalue weighted by Crippen LogP contribution is 2.41. The molecule has 1 aliphatic heterocycles. The molecule has 1 atom stereocenters. The topological polar surface area (TPSA) is 113 Å². The average molecular weight is 486 g/mol.